The number of rotatable bonds is 7. The van der Waals surface area contributed by atoms with Crippen LogP contribution in [0.2, 0.25) is 0 Å². The summed E-state index contributed by atoms with van der Waals surface area (Å²) in [6.45, 7) is 6.60. The van der Waals surface area contributed by atoms with Gasteiger partial charge in [0.25, 0.3) is 0 Å². The van der Waals surface area contributed by atoms with E-state index in [0.29, 0.717) is 6.04 Å². The number of nitrogens with zero attached hydrogens (tertiary/aromatic N) is 1. The smallest absolute Gasteiger partial charge is 0.0449 e. The van der Waals surface area contributed by atoms with Gasteiger partial charge in [-0.1, -0.05) is 43.2 Å². The lowest BCUT2D eigenvalue weighted by molar-refractivity contribution is 0.145. The maximum atomic E-state index is 3.70. The molecule has 0 heterocycles. The van der Waals surface area contributed by atoms with Crippen LogP contribution in [-0.2, 0) is 0 Å². The first-order valence-electron chi connectivity index (χ1n) is 7.71. The Morgan fingerprint density at radius 2 is 1.95 bits per heavy atom. The van der Waals surface area contributed by atoms with Crippen molar-refractivity contribution < 1.29 is 0 Å². The number of hydrogen-bond donors (Lipinski definition) is 1. The zero-order chi connectivity index (χ0) is 13.7. The molecule has 106 valence electrons. The standard InChI is InChI=1S/C17H28N2/c1-4-12-18-17(13-19(3)16-6-5-7-16)15-10-8-14(2)9-11-15/h8-11,16-18H,4-7,12-13H2,1-3H3. The molecule has 1 aliphatic rings. The summed E-state index contributed by atoms with van der Waals surface area (Å²) in [7, 11) is 2.28. The average molecular weight is 260 g/mol. The third-order valence-electron chi connectivity index (χ3n) is 4.29. The van der Waals surface area contributed by atoms with Crippen molar-refractivity contribution in [2.75, 3.05) is 20.1 Å². The van der Waals surface area contributed by atoms with Crippen LogP contribution in [0.5, 0.6) is 0 Å². The fraction of sp³-hybridized carbons (Fsp3) is 0.647. The Balaban J connectivity index is 1.99. The summed E-state index contributed by atoms with van der Waals surface area (Å²) in [5.41, 5.74) is 2.76. The highest BCUT2D eigenvalue weighted by molar-refractivity contribution is 5.24. The summed E-state index contributed by atoms with van der Waals surface area (Å²) in [5, 5.41) is 3.70. The van der Waals surface area contributed by atoms with Crippen molar-refractivity contribution in [3.63, 3.8) is 0 Å². The molecule has 0 radical (unpaired) electrons. The highest BCUT2D eigenvalue weighted by atomic mass is 15.2. The third kappa shape index (κ3) is 4.05. The summed E-state index contributed by atoms with van der Waals surface area (Å²) < 4.78 is 0. The van der Waals surface area contributed by atoms with E-state index in [1.807, 2.05) is 0 Å². The van der Waals surface area contributed by atoms with Gasteiger partial charge < -0.3 is 10.2 Å². The highest BCUT2D eigenvalue weighted by Crippen LogP contribution is 2.25. The molecule has 1 atom stereocenters. The molecule has 0 saturated heterocycles. The molecule has 1 unspecified atom stereocenters. The van der Waals surface area contributed by atoms with Gasteiger partial charge in [0.15, 0.2) is 0 Å². The molecule has 2 nitrogen and oxygen atoms in total. The van der Waals surface area contributed by atoms with Crippen LogP contribution in [0.4, 0.5) is 0 Å². The highest BCUT2D eigenvalue weighted by Gasteiger charge is 2.24. The lowest BCUT2D eigenvalue weighted by Crippen LogP contribution is -2.42. The van der Waals surface area contributed by atoms with Gasteiger partial charge in [-0.2, -0.15) is 0 Å². The lowest BCUT2D eigenvalue weighted by Gasteiger charge is -2.37. The van der Waals surface area contributed by atoms with Crippen molar-refractivity contribution in [2.24, 2.45) is 0 Å². The molecular formula is C17H28N2. The topological polar surface area (TPSA) is 15.3 Å². The maximum absolute atomic E-state index is 3.70. The number of benzene rings is 1. The van der Waals surface area contributed by atoms with Gasteiger partial charge in [-0.3, -0.25) is 0 Å². The van der Waals surface area contributed by atoms with Crippen molar-refractivity contribution in [2.45, 2.75) is 51.6 Å². The third-order valence-corrected chi connectivity index (χ3v) is 4.29. The second-order valence-electron chi connectivity index (χ2n) is 5.94. The van der Waals surface area contributed by atoms with Crippen LogP contribution in [0.25, 0.3) is 0 Å². The van der Waals surface area contributed by atoms with Crippen molar-refractivity contribution in [1.29, 1.82) is 0 Å². The van der Waals surface area contributed by atoms with Crippen LogP contribution in [0.3, 0.4) is 0 Å². The van der Waals surface area contributed by atoms with Crippen molar-refractivity contribution in [3.8, 4) is 0 Å². The molecule has 1 aromatic carbocycles. The van der Waals surface area contributed by atoms with E-state index < -0.39 is 0 Å². The van der Waals surface area contributed by atoms with E-state index in [9.17, 15) is 0 Å². The number of aryl methyl sites for hydroxylation is 1. The Hall–Kier alpha value is -0.860. The summed E-state index contributed by atoms with van der Waals surface area (Å²) in [6, 6.07) is 10.3. The SMILES string of the molecule is CCCNC(CN(C)C1CCC1)c1ccc(C)cc1. The predicted octanol–water partition coefficient (Wildman–Crippen LogP) is 3.52. The molecule has 2 rings (SSSR count). The minimum absolute atomic E-state index is 0.464. The minimum Gasteiger partial charge on any atom is -0.309 e. The van der Waals surface area contributed by atoms with Crippen molar-refractivity contribution in [3.05, 3.63) is 35.4 Å². The first-order chi connectivity index (χ1) is 9.20. The molecule has 1 aromatic rings. The summed E-state index contributed by atoms with van der Waals surface area (Å²) in [5.74, 6) is 0. The van der Waals surface area contributed by atoms with Gasteiger partial charge in [0.2, 0.25) is 0 Å². The van der Waals surface area contributed by atoms with Crippen LogP contribution in [0.1, 0.15) is 49.8 Å². The van der Waals surface area contributed by atoms with E-state index in [1.54, 1.807) is 0 Å². The van der Waals surface area contributed by atoms with E-state index in [1.165, 1.54) is 36.8 Å². The first-order valence-corrected chi connectivity index (χ1v) is 7.71. The fourth-order valence-electron chi connectivity index (χ4n) is 2.67. The molecule has 1 N–H and O–H groups in total. The van der Waals surface area contributed by atoms with Gasteiger partial charge in [-0.25, -0.2) is 0 Å². The van der Waals surface area contributed by atoms with E-state index in [4.69, 9.17) is 0 Å². The van der Waals surface area contributed by atoms with Gasteiger partial charge in [0.1, 0.15) is 0 Å². The Bertz CT molecular complexity index is 367. The molecule has 0 spiro atoms. The van der Waals surface area contributed by atoms with E-state index >= 15 is 0 Å². The molecule has 1 saturated carbocycles. The van der Waals surface area contributed by atoms with E-state index in [2.05, 4.69) is 55.4 Å². The molecule has 0 amide bonds. The van der Waals surface area contributed by atoms with Crippen LogP contribution < -0.4 is 5.32 Å². The minimum atomic E-state index is 0.464. The molecular weight excluding hydrogens is 232 g/mol. The average Bonchev–Trinajstić information content (AvgIpc) is 2.33. The van der Waals surface area contributed by atoms with Gasteiger partial charge >= 0.3 is 0 Å². The predicted molar refractivity (Wildman–Crippen MR) is 82.5 cm³/mol. The van der Waals surface area contributed by atoms with Gasteiger partial charge in [0, 0.05) is 18.6 Å². The second kappa shape index (κ2) is 7.06. The zero-order valence-electron chi connectivity index (χ0n) is 12.7. The molecule has 19 heavy (non-hydrogen) atoms. The van der Waals surface area contributed by atoms with Crippen LogP contribution >= 0.6 is 0 Å². The van der Waals surface area contributed by atoms with Gasteiger partial charge in [0.05, 0.1) is 0 Å². The molecule has 0 aromatic heterocycles. The molecule has 0 aliphatic heterocycles. The molecule has 1 aliphatic carbocycles. The number of nitrogens with one attached hydrogen (secondary N) is 1. The summed E-state index contributed by atoms with van der Waals surface area (Å²) in [4.78, 5) is 2.54. The van der Waals surface area contributed by atoms with Crippen LogP contribution in [-0.4, -0.2) is 31.1 Å². The summed E-state index contributed by atoms with van der Waals surface area (Å²) in [6.07, 6.45) is 5.36. The monoisotopic (exact) mass is 260 g/mol. The Morgan fingerprint density at radius 1 is 1.26 bits per heavy atom. The van der Waals surface area contributed by atoms with E-state index in [0.717, 1.165) is 19.1 Å². The van der Waals surface area contributed by atoms with Crippen LogP contribution in [0.15, 0.2) is 24.3 Å². The summed E-state index contributed by atoms with van der Waals surface area (Å²) >= 11 is 0. The Kier molecular flexibility index (Phi) is 5.41. The second-order valence-corrected chi connectivity index (χ2v) is 5.94. The van der Waals surface area contributed by atoms with Crippen LogP contribution in [0, 0.1) is 6.92 Å². The lowest BCUT2D eigenvalue weighted by atomic mass is 9.91. The zero-order valence-corrected chi connectivity index (χ0v) is 12.7. The Labute approximate surface area is 118 Å². The van der Waals surface area contributed by atoms with Gasteiger partial charge in [-0.15, -0.1) is 0 Å². The van der Waals surface area contributed by atoms with Crippen molar-refractivity contribution in [1.82, 2.24) is 10.2 Å². The van der Waals surface area contributed by atoms with Crippen molar-refractivity contribution >= 4 is 0 Å². The normalized spacial score (nSPS) is 17.5. The molecule has 1 fully saturated rings. The largest absolute Gasteiger partial charge is 0.309 e. The molecule has 0 bridgehead atoms. The number of likely N-dealkylation sites (N-methyl/N-ethyl adjacent to an activating group) is 1. The number of hydrogen-bond acceptors (Lipinski definition) is 2. The van der Waals surface area contributed by atoms with Gasteiger partial charge in [-0.05, 0) is 45.3 Å². The fourth-order valence-corrected chi connectivity index (χ4v) is 2.67. The maximum Gasteiger partial charge on any atom is 0.0449 e. The van der Waals surface area contributed by atoms with E-state index in [-0.39, 0.29) is 0 Å². The quantitative estimate of drug-likeness (QED) is 0.807. The first kappa shape index (κ1) is 14.5. The Morgan fingerprint density at radius 3 is 2.47 bits per heavy atom. The molecule has 2 heteroatoms.